The molecule has 0 amide bonds. The third-order valence-electron chi connectivity index (χ3n) is 7.17. The highest BCUT2D eigenvalue weighted by Crippen LogP contribution is 2.41. The zero-order valence-electron chi connectivity index (χ0n) is 19.3. The predicted octanol–water partition coefficient (Wildman–Crippen LogP) is 5.61. The third-order valence-corrected chi connectivity index (χ3v) is 8.15. The van der Waals surface area contributed by atoms with E-state index in [1.165, 1.54) is 29.0 Å². The van der Waals surface area contributed by atoms with Gasteiger partial charge in [0.15, 0.2) is 4.80 Å². The Bertz CT molecular complexity index is 1870. The first kappa shape index (κ1) is 21.2. The fourth-order valence-electron chi connectivity index (χ4n) is 5.49. The molecule has 2 heterocycles. The molecule has 5 heteroatoms. The maximum atomic E-state index is 13.9. The number of aryl methyl sites for hydroxylation is 1. The number of hydrogen-bond acceptors (Lipinski definition) is 3. The lowest BCUT2D eigenvalue weighted by atomic mass is 9.83. The van der Waals surface area contributed by atoms with Crippen molar-refractivity contribution in [3.63, 3.8) is 0 Å². The second kappa shape index (κ2) is 8.25. The van der Waals surface area contributed by atoms with Crippen LogP contribution < -0.4 is 14.9 Å². The van der Waals surface area contributed by atoms with Gasteiger partial charge in [-0.2, -0.15) is 0 Å². The second-order valence-electron chi connectivity index (χ2n) is 9.23. The van der Waals surface area contributed by atoms with E-state index in [1.807, 2.05) is 41.0 Å². The van der Waals surface area contributed by atoms with Crippen molar-refractivity contribution < 1.29 is 4.39 Å². The molecule has 0 spiro atoms. The number of thiazole rings is 1. The highest BCUT2D eigenvalue weighted by atomic mass is 32.1. The second-order valence-corrected chi connectivity index (χ2v) is 10.2. The van der Waals surface area contributed by atoms with E-state index in [4.69, 9.17) is 4.99 Å². The summed E-state index contributed by atoms with van der Waals surface area (Å²) in [4.78, 5) is 19.6. The molecule has 174 valence electrons. The SMILES string of the molecule is O=c1/c(=C/c2cccc3ccccc23)sc2n1[C@H](c1ccc(F)cc1)C1=C(N=2)c2ccccc2CC1. The van der Waals surface area contributed by atoms with E-state index in [1.54, 1.807) is 12.1 Å². The fraction of sp³-hybridized carbons (Fsp3) is 0.0968. The van der Waals surface area contributed by atoms with Gasteiger partial charge in [-0.1, -0.05) is 90.2 Å². The van der Waals surface area contributed by atoms with Crippen molar-refractivity contribution in [2.24, 2.45) is 4.99 Å². The summed E-state index contributed by atoms with van der Waals surface area (Å²) >= 11 is 1.42. The Morgan fingerprint density at radius 2 is 1.67 bits per heavy atom. The van der Waals surface area contributed by atoms with E-state index in [-0.39, 0.29) is 17.4 Å². The van der Waals surface area contributed by atoms with Gasteiger partial charge in [0.1, 0.15) is 5.82 Å². The van der Waals surface area contributed by atoms with Crippen LogP contribution in [-0.2, 0) is 6.42 Å². The van der Waals surface area contributed by atoms with Crippen molar-refractivity contribution in [2.75, 3.05) is 0 Å². The maximum absolute atomic E-state index is 13.9. The van der Waals surface area contributed by atoms with Gasteiger partial charge >= 0.3 is 0 Å². The smallest absolute Gasteiger partial charge is 0.271 e. The summed E-state index contributed by atoms with van der Waals surface area (Å²) in [6.45, 7) is 0. The number of benzene rings is 4. The van der Waals surface area contributed by atoms with Gasteiger partial charge in [-0.15, -0.1) is 0 Å². The van der Waals surface area contributed by atoms with Crippen LogP contribution in [0.1, 0.15) is 34.7 Å². The Morgan fingerprint density at radius 1 is 0.889 bits per heavy atom. The monoisotopic (exact) mass is 488 g/mol. The van der Waals surface area contributed by atoms with Crippen LogP contribution in [0, 0.1) is 5.82 Å². The normalized spacial score (nSPS) is 16.9. The summed E-state index contributed by atoms with van der Waals surface area (Å²) in [5, 5.41) is 2.24. The highest BCUT2D eigenvalue weighted by molar-refractivity contribution is 7.07. The van der Waals surface area contributed by atoms with E-state index >= 15 is 0 Å². The van der Waals surface area contributed by atoms with Crippen LogP contribution in [0.25, 0.3) is 22.5 Å². The minimum absolute atomic E-state index is 0.0635. The molecule has 1 aliphatic carbocycles. The summed E-state index contributed by atoms with van der Waals surface area (Å²) in [6.07, 6.45) is 3.68. The number of halogens is 1. The molecule has 0 N–H and O–H groups in total. The number of nitrogens with zero attached hydrogens (tertiary/aromatic N) is 2. The average molecular weight is 489 g/mol. The van der Waals surface area contributed by atoms with E-state index in [9.17, 15) is 9.18 Å². The van der Waals surface area contributed by atoms with Gasteiger partial charge in [0.25, 0.3) is 5.56 Å². The first-order chi connectivity index (χ1) is 17.7. The fourth-order valence-corrected chi connectivity index (χ4v) is 6.48. The van der Waals surface area contributed by atoms with Crippen molar-refractivity contribution in [3.05, 3.63) is 144 Å². The number of hydrogen-bond donors (Lipinski definition) is 0. The summed E-state index contributed by atoms with van der Waals surface area (Å²) in [6, 6.07) is 28.9. The molecular formula is C31H21FN2OS. The molecule has 0 saturated carbocycles. The molecule has 36 heavy (non-hydrogen) atoms. The Morgan fingerprint density at radius 3 is 2.56 bits per heavy atom. The van der Waals surface area contributed by atoms with Crippen LogP contribution in [0.3, 0.4) is 0 Å². The molecule has 1 aromatic heterocycles. The molecular weight excluding hydrogens is 467 g/mol. The van der Waals surface area contributed by atoms with E-state index in [0.29, 0.717) is 9.33 Å². The number of allylic oxidation sites excluding steroid dienone is 1. The predicted molar refractivity (Wildman–Crippen MR) is 143 cm³/mol. The molecule has 0 fully saturated rings. The zero-order valence-corrected chi connectivity index (χ0v) is 20.1. The van der Waals surface area contributed by atoms with Crippen LogP contribution in [0.2, 0.25) is 0 Å². The number of rotatable bonds is 2. The minimum Gasteiger partial charge on any atom is -0.272 e. The van der Waals surface area contributed by atoms with Gasteiger partial charge in [0, 0.05) is 5.56 Å². The summed E-state index contributed by atoms with van der Waals surface area (Å²) in [5.41, 5.74) is 6.30. The molecule has 3 nitrogen and oxygen atoms in total. The van der Waals surface area contributed by atoms with Crippen LogP contribution >= 0.6 is 11.3 Å². The van der Waals surface area contributed by atoms with Crippen molar-refractivity contribution in [1.82, 2.24) is 4.57 Å². The average Bonchev–Trinajstić information content (AvgIpc) is 3.22. The molecule has 7 rings (SSSR count). The first-order valence-corrected chi connectivity index (χ1v) is 12.9. The molecule has 0 saturated heterocycles. The largest absolute Gasteiger partial charge is 0.272 e. The standard InChI is InChI=1S/C31H21FN2OS/c32-23-15-12-21(13-16-23)29-26-17-14-20-7-2-4-11-25(20)28(26)33-31-34(29)30(35)27(36-31)18-22-9-5-8-19-6-1-3-10-24(19)22/h1-13,15-16,18,29H,14,17H2/b27-18-/t29-/m1/s1. The minimum atomic E-state index is -0.306. The molecule has 0 radical (unpaired) electrons. The van der Waals surface area contributed by atoms with E-state index in [2.05, 4.69) is 36.4 Å². The summed E-state index contributed by atoms with van der Waals surface area (Å²) < 4.78 is 16.3. The van der Waals surface area contributed by atoms with Gasteiger partial charge in [-0.3, -0.25) is 9.36 Å². The van der Waals surface area contributed by atoms with E-state index in [0.717, 1.165) is 51.6 Å². The summed E-state index contributed by atoms with van der Waals surface area (Å²) in [5.74, 6) is -0.287. The Kier molecular flexibility index (Phi) is 4.86. The molecule has 0 bridgehead atoms. The van der Waals surface area contributed by atoms with Crippen molar-refractivity contribution in [2.45, 2.75) is 18.9 Å². The lowest BCUT2D eigenvalue weighted by Crippen LogP contribution is -2.38. The Balaban J connectivity index is 1.50. The topological polar surface area (TPSA) is 34.4 Å². The Labute approximate surface area is 210 Å². The Hall–Kier alpha value is -4.09. The van der Waals surface area contributed by atoms with Gasteiger partial charge in [-0.25, -0.2) is 9.38 Å². The third kappa shape index (κ3) is 3.31. The van der Waals surface area contributed by atoms with Gasteiger partial charge in [0.2, 0.25) is 0 Å². The molecule has 2 aliphatic rings. The first-order valence-electron chi connectivity index (χ1n) is 12.0. The lowest BCUT2D eigenvalue weighted by molar-refractivity contribution is 0.581. The van der Waals surface area contributed by atoms with Crippen LogP contribution in [0.5, 0.6) is 0 Å². The molecule has 1 aliphatic heterocycles. The maximum Gasteiger partial charge on any atom is 0.271 e. The molecule has 4 aromatic carbocycles. The van der Waals surface area contributed by atoms with E-state index < -0.39 is 0 Å². The summed E-state index contributed by atoms with van der Waals surface area (Å²) in [7, 11) is 0. The van der Waals surface area contributed by atoms with Crippen LogP contribution in [-0.4, -0.2) is 4.57 Å². The number of fused-ring (bicyclic) bond motifs is 4. The van der Waals surface area contributed by atoms with Crippen LogP contribution in [0.15, 0.2) is 106 Å². The van der Waals surface area contributed by atoms with Gasteiger partial charge in [-0.05, 0) is 64.1 Å². The highest BCUT2D eigenvalue weighted by Gasteiger charge is 2.32. The number of aromatic nitrogens is 1. The molecule has 1 atom stereocenters. The van der Waals surface area contributed by atoms with Gasteiger partial charge < -0.3 is 0 Å². The molecule has 5 aromatic rings. The zero-order chi connectivity index (χ0) is 24.2. The van der Waals surface area contributed by atoms with Crippen molar-refractivity contribution in [1.29, 1.82) is 0 Å². The molecule has 0 unspecified atom stereocenters. The van der Waals surface area contributed by atoms with Gasteiger partial charge in [0.05, 0.1) is 16.3 Å². The van der Waals surface area contributed by atoms with Crippen LogP contribution in [0.4, 0.5) is 4.39 Å². The van der Waals surface area contributed by atoms with Crippen molar-refractivity contribution >= 4 is 33.9 Å². The quantitative estimate of drug-likeness (QED) is 0.318. The lowest BCUT2D eigenvalue weighted by Gasteiger charge is -2.30. The van der Waals surface area contributed by atoms with Crippen molar-refractivity contribution in [3.8, 4) is 0 Å².